The van der Waals surface area contributed by atoms with E-state index in [4.69, 9.17) is 5.73 Å². The number of carbonyl (C=O) groups is 1. The van der Waals surface area contributed by atoms with Crippen LogP contribution in [0, 0.1) is 0 Å². The van der Waals surface area contributed by atoms with Crippen molar-refractivity contribution in [3.63, 3.8) is 0 Å². The van der Waals surface area contributed by atoms with E-state index in [1.165, 1.54) is 26.1 Å². The molecule has 1 fully saturated rings. The maximum absolute atomic E-state index is 11.7. The summed E-state index contributed by atoms with van der Waals surface area (Å²) in [4.78, 5) is 13.3. The second-order valence-electron chi connectivity index (χ2n) is 5.06. The van der Waals surface area contributed by atoms with Gasteiger partial charge in [0, 0.05) is 26.1 Å². The molecular formula is C13H20N4O3S. The van der Waals surface area contributed by atoms with Crippen molar-refractivity contribution in [2.24, 2.45) is 0 Å². The van der Waals surface area contributed by atoms with E-state index in [1.54, 1.807) is 6.07 Å². The smallest absolute Gasteiger partial charge is 0.240 e. The zero-order chi connectivity index (χ0) is 15.6. The Kier molecular flexibility index (Phi) is 4.38. The molecule has 1 aliphatic rings. The lowest BCUT2D eigenvalue weighted by atomic mass is 10.2. The molecule has 1 aliphatic heterocycles. The highest BCUT2D eigenvalue weighted by Gasteiger charge is 2.25. The first-order chi connectivity index (χ1) is 9.83. The van der Waals surface area contributed by atoms with Crippen molar-refractivity contribution in [2.45, 2.75) is 24.3 Å². The van der Waals surface area contributed by atoms with Gasteiger partial charge >= 0.3 is 0 Å². The minimum Gasteiger partial charge on any atom is -0.397 e. The zero-order valence-electron chi connectivity index (χ0n) is 12.1. The van der Waals surface area contributed by atoms with E-state index < -0.39 is 10.0 Å². The van der Waals surface area contributed by atoms with Crippen LogP contribution in [0.1, 0.15) is 13.3 Å². The zero-order valence-corrected chi connectivity index (χ0v) is 12.9. The Balaban J connectivity index is 2.17. The molecule has 0 spiro atoms. The molecule has 1 saturated heterocycles. The third-order valence-corrected chi connectivity index (χ3v) is 4.93. The Morgan fingerprint density at radius 2 is 2.14 bits per heavy atom. The molecule has 0 saturated carbocycles. The van der Waals surface area contributed by atoms with Crippen LogP contribution in [-0.2, 0) is 14.8 Å². The SMILES string of the molecule is CNS(=O)(=O)c1ccc(N2CCC(NC(C)=O)C2)c(N)c1. The number of nitrogens with zero attached hydrogens (tertiary/aromatic N) is 1. The van der Waals surface area contributed by atoms with Crippen LogP contribution in [0.3, 0.4) is 0 Å². The third kappa shape index (κ3) is 3.45. The first kappa shape index (κ1) is 15.6. The molecule has 0 bridgehead atoms. The van der Waals surface area contributed by atoms with Crippen molar-refractivity contribution >= 4 is 27.3 Å². The second kappa shape index (κ2) is 5.90. The molecule has 8 heteroatoms. The first-order valence-corrected chi connectivity index (χ1v) is 8.17. The molecule has 0 radical (unpaired) electrons. The van der Waals surface area contributed by atoms with Gasteiger partial charge in [-0.25, -0.2) is 13.1 Å². The van der Waals surface area contributed by atoms with Gasteiger partial charge in [-0.2, -0.15) is 0 Å². The number of hydrogen-bond donors (Lipinski definition) is 3. The predicted molar refractivity (Wildman–Crippen MR) is 81.5 cm³/mol. The van der Waals surface area contributed by atoms with Crippen molar-refractivity contribution < 1.29 is 13.2 Å². The fourth-order valence-corrected chi connectivity index (χ4v) is 3.25. The number of hydrogen-bond acceptors (Lipinski definition) is 5. The highest BCUT2D eigenvalue weighted by Crippen LogP contribution is 2.29. The highest BCUT2D eigenvalue weighted by atomic mass is 32.2. The van der Waals surface area contributed by atoms with Gasteiger partial charge < -0.3 is 16.0 Å². The Morgan fingerprint density at radius 3 is 2.71 bits per heavy atom. The molecule has 7 nitrogen and oxygen atoms in total. The molecule has 4 N–H and O–H groups in total. The van der Waals surface area contributed by atoms with Gasteiger partial charge in [-0.3, -0.25) is 4.79 Å². The number of nitrogens with two attached hydrogens (primary N) is 1. The van der Waals surface area contributed by atoms with Gasteiger partial charge in [0.2, 0.25) is 15.9 Å². The molecule has 1 aromatic carbocycles. The second-order valence-corrected chi connectivity index (χ2v) is 6.95. The minimum atomic E-state index is -3.49. The Morgan fingerprint density at radius 1 is 1.43 bits per heavy atom. The fraction of sp³-hybridized carbons (Fsp3) is 0.462. The molecular weight excluding hydrogens is 292 g/mol. The van der Waals surface area contributed by atoms with Crippen LogP contribution in [0.25, 0.3) is 0 Å². The number of benzene rings is 1. The summed E-state index contributed by atoms with van der Waals surface area (Å²) in [6.45, 7) is 2.93. The van der Waals surface area contributed by atoms with Gasteiger partial charge in [-0.15, -0.1) is 0 Å². The van der Waals surface area contributed by atoms with Crippen LogP contribution in [0.15, 0.2) is 23.1 Å². The summed E-state index contributed by atoms with van der Waals surface area (Å²) in [7, 11) is -2.13. The van der Waals surface area contributed by atoms with Gasteiger partial charge in [0.25, 0.3) is 0 Å². The van der Waals surface area contributed by atoms with Crippen LogP contribution < -0.4 is 20.7 Å². The van der Waals surface area contributed by atoms with E-state index in [2.05, 4.69) is 10.0 Å². The van der Waals surface area contributed by atoms with Crippen LogP contribution in [0.5, 0.6) is 0 Å². The Bertz CT molecular complexity index is 645. The van der Waals surface area contributed by atoms with E-state index in [0.717, 1.165) is 18.7 Å². The summed E-state index contributed by atoms with van der Waals surface area (Å²) in [5, 5.41) is 2.88. The fourth-order valence-electron chi connectivity index (χ4n) is 2.49. The average Bonchev–Trinajstić information content (AvgIpc) is 2.86. The van der Waals surface area contributed by atoms with Gasteiger partial charge in [0.05, 0.1) is 16.3 Å². The van der Waals surface area contributed by atoms with Crippen LogP contribution in [0.4, 0.5) is 11.4 Å². The number of nitrogen functional groups attached to an aromatic ring is 1. The van der Waals surface area contributed by atoms with E-state index in [0.29, 0.717) is 12.2 Å². The predicted octanol–water partition coefficient (Wildman–Crippen LogP) is -0.108. The topological polar surface area (TPSA) is 105 Å². The summed E-state index contributed by atoms with van der Waals surface area (Å²) in [5.74, 6) is -0.0507. The lowest BCUT2D eigenvalue weighted by Gasteiger charge is -2.21. The average molecular weight is 312 g/mol. The van der Waals surface area contributed by atoms with Crippen LogP contribution in [-0.4, -0.2) is 40.5 Å². The molecule has 1 atom stereocenters. The van der Waals surface area contributed by atoms with Gasteiger partial charge in [0.1, 0.15) is 0 Å². The molecule has 21 heavy (non-hydrogen) atoms. The first-order valence-electron chi connectivity index (χ1n) is 6.68. The normalized spacial score (nSPS) is 18.8. The van der Waals surface area contributed by atoms with Crippen molar-refractivity contribution in [1.82, 2.24) is 10.0 Å². The lowest BCUT2D eigenvalue weighted by Crippen LogP contribution is -2.35. The van der Waals surface area contributed by atoms with E-state index in [1.807, 2.05) is 4.90 Å². The minimum absolute atomic E-state index is 0.0507. The number of anilines is 2. The largest absolute Gasteiger partial charge is 0.397 e. The molecule has 116 valence electrons. The molecule has 1 aromatic rings. The van der Waals surface area contributed by atoms with Gasteiger partial charge in [-0.1, -0.05) is 0 Å². The van der Waals surface area contributed by atoms with E-state index >= 15 is 0 Å². The highest BCUT2D eigenvalue weighted by molar-refractivity contribution is 7.89. The number of sulfonamides is 1. The quantitative estimate of drug-likeness (QED) is 0.673. The van der Waals surface area contributed by atoms with Crippen molar-refractivity contribution in [3.05, 3.63) is 18.2 Å². The van der Waals surface area contributed by atoms with E-state index in [-0.39, 0.29) is 16.8 Å². The summed E-state index contributed by atoms with van der Waals surface area (Å²) in [6, 6.07) is 4.79. The molecule has 1 amide bonds. The molecule has 0 aromatic heterocycles. The van der Waals surface area contributed by atoms with Crippen LogP contribution in [0.2, 0.25) is 0 Å². The lowest BCUT2D eigenvalue weighted by molar-refractivity contribution is -0.119. The number of rotatable bonds is 4. The van der Waals surface area contributed by atoms with Gasteiger partial charge in [0.15, 0.2) is 0 Å². The summed E-state index contributed by atoms with van der Waals surface area (Å²) < 4.78 is 25.7. The maximum atomic E-state index is 11.7. The maximum Gasteiger partial charge on any atom is 0.240 e. The third-order valence-electron chi connectivity index (χ3n) is 3.51. The number of carbonyl (C=O) groups excluding carboxylic acids is 1. The summed E-state index contributed by atoms with van der Waals surface area (Å²) in [6.07, 6.45) is 0.843. The molecule has 0 aliphatic carbocycles. The molecule has 2 rings (SSSR count). The standard InChI is InChI=1S/C13H20N4O3S/c1-9(18)16-10-5-6-17(8-10)13-4-3-11(7-12(13)14)21(19,20)15-2/h3-4,7,10,15H,5-6,8,14H2,1-2H3,(H,16,18). The monoisotopic (exact) mass is 312 g/mol. The molecule has 1 unspecified atom stereocenters. The summed E-state index contributed by atoms with van der Waals surface area (Å²) in [5.41, 5.74) is 7.18. The van der Waals surface area contributed by atoms with Crippen LogP contribution >= 0.6 is 0 Å². The Labute approximate surface area is 124 Å². The summed E-state index contributed by atoms with van der Waals surface area (Å²) >= 11 is 0. The van der Waals surface area contributed by atoms with Gasteiger partial charge in [-0.05, 0) is 31.7 Å². The molecule has 1 heterocycles. The van der Waals surface area contributed by atoms with Crippen molar-refractivity contribution in [1.29, 1.82) is 0 Å². The number of amides is 1. The Hall–Kier alpha value is -1.80. The number of nitrogens with one attached hydrogen (secondary N) is 2. The van der Waals surface area contributed by atoms with E-state index in [9.17, 15) is 13.2 Å². The van der Waals surface area contributed by atoms with Crippen molar-refractivity contribution in [3.8, 4) is 0 Å². The van der Waals surface area contributed by atoms with Crippen molar-refractivity contribution in [2.75, 3.05) is 30.8 Å².